The summed E-state index contributed by atoms with van der Waals surface area (Å²) in [6, 6.07) is 15.7. The number of unbranched alkanes of at least 4 members (excludes halogenated alkanes) is 2. The number of rotatable bonds is 6. The largest absolute Gasteiger partial charge is 0.462 e. The molecule has 2 aromatic carbocycles. The third kappa shape index (κ3) is 3.81. The lowest BCUT2D eigenvalue weighted by Crippen LogP contribution is -2.29. The van der Waals surface area contributed by atoms with Gasteiger partial charge in [-0.25, -0.2) is 9.78 Å². The SMILES string of the molecule is CCCCCOC(=O)C1=C(C)Nc2nc3ccccc3n2[C@H]1c1ccc(Br)cc1. The zero-order valence-corrected chi connectivity index (χ0v) is 18.2. The van der Waals surface area contributed by atoms with Gasteiger partial charge in [-0.15, -0.1) is 0 Å². The smallest absolute Gasteiger partial charge is 0.338 e. The Morgan fingerprint density at radius 2 is 1.93 bits per heavy atom. The van der Waals surface area contributed by atoms with Crippen LogP contribution in [-0.4, -0.2) is 22.1 Å². The minimum atomic E-state index is -0.301. The fraction of sp³-hybridized carbons (Fsp3) is 0.304. The molecule has 1 atom stereocenters. The quantitative estimate of drug-likeness (QED) is 0.377. The predicted molar refractivity (Wildman–Crippen MR) is 119 cm³/mol. The van der Waals surface area contributed by atoms with Crippen LogP contribution in [0.25, 0.3) is 11.0 Å². The second-order valence-electron chi connectivity index (χ2n) is 7.25. The van der Waals surface area contributed by atoms with Crippen molar-refractivity contribution >= 4 is 38.9 Å². The average Bonchev–Trinajstić information content (AvgIpc) is 3.08. The number of nitrogens with zero attached hydrogens (tertiary/aromatic N) is 2. The molecule has 0 spiro atoms. The van der Waals surface area contributed by atoms with E-state index in [4.69, 9.17) is 9.72 Å². The van der Waals surface area contributed by atoms with Gasteiger partial charge in [-0.3, -0.25) is 4.57 Å². The minimum Gasteiger partial charge on any atom is -0.462 e. The molecule has 2 heterocycles. The van der Waals surface area contributed by atoms with Crippen LogP contribution in [0.15, 0.2) is 64.3 Å². The third-order valence-electron chi connectivity index (χ3n) is 5.22. The maximum Gasteiger partial charge on any atom is 0.338 e. The lowest BCUT2D eigenvalue weighted by atomic mass is 9.95. The van der Waals surface area contributed by atoms with E-state index in [1.165, 1.54) is 0 Å². The number of carbonyl (C=O) groups is 1. The highest BCUT2D eigenvalue weighted by Gasteiger charge is 2.34. The number of hydrogen-bond donors (Lipinski definition) is 1. The van der Waals surface area contributed by atoms with Crippen molar-refractivity contribution in [2.24, 2.45) is 0 Å². The van der Waals surface area contributed by atoms with Gasteiger partial charge in [0.2, 0.25) is 5.95 Å². The number of nitrogens with one attached hydrogen (secondary N) is 1. The summed E-state index contributed by atoms with van der Waals surface area (Å²) in [6.45, 7) is 4.49. The number of esters is 1. The van der Waals surface area contributed by atoms with E-state index in [-0.39, 0.29) is 12.0 Å². The van der Waals surface area contributed by atoms with Crippen LogP contribution in [0.1, 0.15) is 44.7 Å². The summed E-state index contributed by atoms with van der Waals surface area (Å²) in [7, 11) is 0. The first-order valence-electron chi connectivity index (χ1n) is 9.97. The lowest BCUT2D eigenvalue weighted by molar-refractivity contribution is -0.139. The van der Waals surface area contributed by atoms with E-state index in [1.807, 2.05) is 55.5 Å². The Labute approximate surface area is 178 Å². The van der Waals surface area contributed by atoms with E-state index in [9.17, 15) is 4.79 Å². The summed E-state index contributed by atoms with van der Waals surface area (Å²) in [6.07, 6.45) is 3.02. The van der Waals surface area contributed by atoms with Gasteiger partial charge in [-0.2, -0.15) is 0 Å². The van der Waals surface area contributed by atoms with Crippen LogP contribution in [-0.2, 0) is 9.53 Å². The van der Waals surface area contributed by atoms with E-state index in [2.05, 4.69) is 32.7 Å². The number of imidazole rings is 1. The highest BCUT2D eigenvalue weighted by atomic mass is 79.9. The molecule has 0 unspecified atom stereocenters. The first-order valence-corrected chi connectivity index (χ1v) is 10.8. The van der Waals surface area contributed by atoms with E-state index >= 15 is 0 Å². The van der Waals surface area contributed by atoms with Crippen LogP contribution < -0.4 is 5.32 Å². The van der Waals surface area contributed by atoms with Gasteiger partial charge in [-0.1, -0.05) is 60.0 Å². The molecule has 0 fully saturated rings. The van der Waals surface area contributed by atoms with Gasteiger partial charge >= 0.3 is 5.97 Å². The summed E-state index contributed by atoms with van der Waals surface area (Å²) in [5.74, 6) is 0.460. The molecule has 3 aromatic rings. The van der Waals surface area contributed by atoms with Crippen molar-refractivity contribution in [1.82, 2.24) is 9.55 Å². The number of para-hydroxylation sites is 2. The molecule has 1 aromatic heterocycles. The first kappa shape index (κ1) is 19.7. The van der Waals surface area contributed by atoms with Crippen LogP contribution in [0.4, 0.5) is 5.95 Å². The molecule has 1 aliphatic heterocycles. The molecule has 0 amide bonds. The Balaban J connectivity index is 1.80. The van der Waals surface area contributed by atoms with Crippen molar-refractivity contribution in [3.63, 3.8) is 0 Å². The molecule has 0 saturated heterocycles. The fourth-order valence-corrected chi connectivity index (χ4v) is 4.05. The second-order valence-corrected chi connectivity index (χ2v) is 8.17. The zero-order chi connectivity index (χ0) is 20.4. The Bertz CT molecular complexity index is 1070. The van der Waals surface area contributed by atoms with Crippen LogP contribution >= 0.6 is 15.9 Å². The number of benzene rings is 2. The van der Waals surface area contributed by atoms with Crippen molar-refractivity contribution in [3.05, 3.63) is 69.8 Å². The molecule has 6 heteroatoms. The number of fused-ring (bicyclic) bond motifs is 3. The van der Waals surface area contributed by atoms with Gasteiger partial charge in [0.05, 0.1) is 29.3 Å². The Morgan fingerprint density at radius 3 is 2.69 bits per heavy atom. The molecule has 150 valence electrons. The maximum atomic E-state index is 13.1. The number of ether oxygens (including phenoxy) is 1. The average molecular weight is 454 g/mol. The number of halogens is 1. The highest BCUT2D eigenvalue weighted by Crippen LogP contribution is 2.39. The van der Waals surface area contributed by atoms with Gasteiger partial charge in [0.1, 0.15) is 0 Å². The molecule has 0 bridgehead atoms. The van der Waals surface area contributed by atoms with Gasteiger partial charge in [0.25, 0.3) is 0 Å². The van der Waals surface area contributed by atoms with Gasteiger partial charge in [-0.05, 0) is 43.2 Å². The number of anilines is 1. The summed E-state index contributed by atoms with van der Waals surface area (Å²) < 4.78 is 8.74. The third-order valence-corrected chi connectivity index (χ3v) is 5.75. The summed E-state index contributed by atoms with van der Waals surface area (Å²) in [4.78, 5) is 17.9. The summed E-state index contributed by atoms with van der Waals surface area (Å²) in [5.41, 5.74) is 4.29. The van der Waals surface area contributed by atoms with Gasteiger partial charge in [0.15, 0.2) is 0 Å². The summed E-state index contributed by atoms with van der Waals surface area (Å²) >= 11 is 3.50. The molecular weight excluding hydrogens is 430 g/mol. The van der Waals surface area contributed by atoms with E-state index < -0.39 is 0 Å². The molecule has 5 nitrogen and oxygen atoms in total. The monoisotopic (exact) mass is 453 g/mol. The van der Waals surface area contributed by atoms with Crippen molar-refractivity contribution in [1.29, 1.82) is 0 Å². The van der Waals surface area contributed by atoms with Crippen molar-refractivity contribution in [2.45, 2.75) is 39.2 Å². The molecule has 1 N–H and O–H groups in total. The Morgan fingerprint density at radius 1 is 1.17 bits per heavy atom. The molecule has 0 radical (unpaired) electrons. The van der Waals surface area contributed by atoms with Crippen LogP contribution in [0.2, 0.25) is 0 Å². The predicted octanol–water partition coefficient (Wildman–Crippen LogP) is 5.82. The van der Waals surface area contributed by atoms with Crippen LogP contribution in [0, 0.1) is 0 Å². The van der Waals surface area contributed by atoms with Crippen LogP contribution in [0.3, 0.4) is 0 Å². The Kier molecular flexibility index (Phi) is 5.72. The fourth-order valence-electron chi connectivity index (χ4n) is 3.78. The number of carbonyl (C=O) groups excluding carboxylic acids is 1. The molecule has 29 heavy (non-hydrogen) atoms. The van der Waals surface area contributed by atoms with E-state index in [1.54, 1.807) is 0 Å². The van der Waals surface area contributed by atoms with Crippen molar-refractivity contribution < 1.29 is 9.53 Å². The van der Waals surface area contributed by atoms with Gasteiger partial charge in [0, 0.05) is 10.2 Å². The maximum absolute atomic E-state index is 13.1. The molecule has 0 aliphatic carbocycles. The Hall–Kier alpha value is -2.60. The lowest BCUT2D eigenvalue weighted by Gasteiger charge is -2.30. The molecule has 4 rings (SSSR count). The highest BCUT2D eigenvalue weighted by molar-refractivity contribution is 9.10. The van der Waals surface area contributed by atoms with Crippen LogP contribution in [0.5, 0.6) is 0 Å². The first-order chi connectivity index (χ1) is 14.1. The standard InChI is InChI=1S/C23H24BrN3O2/c1-3-4-7-14-29-22(28)20-15(2)25-23-26-18-8-5-6-9-19(18)27(23)21(20)16-10-12-17(24)13-11-16/h5-6,8-13,21H,3-4,7,14H2,1-2H3,(H,25,26)/t21-/m0/s1. The van der Waals surface area contributed by atoms with Crippen molar-refractivity contribution in [2.75, 3.05) is 11.9 Å². The number of hydrogen-bond acceptors (Lipinski definition) is 4. The second kappa shape index (κ2) is 8.41. The van der Waals surface area contributed by atoms with Crippen molar-refractivity contribution in [3.8, 4) is 0 Å². The van der Waals surface area contributed by atoms with E-state index in [0.29, 0.717) is 12.2 Å². The zero-order valence-electron chi connectivity index (χ0n) is 16.6. The molecule has 0 saturated carbocycles. The molecular formula is C23H24BrN3O2. The van der Waals surface area contributed by atoms with E-state index in [0.717, 1.165) is 52.0 Å². The summed E-state index contributed by atoms with van der Waals surface area (Å²) in [5, 5.41) is 3.31. The normalized spacial score (nSPS) is 15.9. The van der Waals surface area contributed by atoms with Gasteiger partial charge < -0.3 is 10.1 Å². The molecule has 1 aliphatic rings. The number of allylic oxidation sites excluding steroid dienone is 1. The number of aromatic nitrogens is 2. The topological polar surface area (TPSA) is 56.1 Å². The minimum absolute atomic E-state index is 0.276.